The lowest BCUT2D eigenvalue weighted by Gasteiger charge is -2.02. The van der Waals surface area contributed by atoms with Gasteiger partial charge < -0.3 is 5.32 Å². The molecule has 4 nitrogen and oxygen atoms in total. The van der Waals surface area contributed by atoms with Crippen LogP contribution in [0, 0.1) is 5.92 Å². The molecule has 1 saturated carbocycles. The van der Waals surface area contributed by atoms with E-state index in [1.54, 1.807) is 18.5 Å². The molecule has 23 heavy (non-hydrogen) atoms. The molecule has 1 aromatic carbocycles. The molecule has 2 heterocycles. The molecule has 0 bridgehead atoms. The minimum atomic E-state index is -1.01. The van der Waals surface area contributed by atoms with E-state index in [1.807, 2.05) is 18.2 Å². The number of fused-ring (bicyclic) bond motifs is 1. The highest BCUT2D eigenvalue weighted by atomic mass is 35.5. The van der Waals surface area contributed by atoms with Gasteiger partial charge in [0.15, 0.2) is 5.13 Å². The van der Waals surface area contributed by atoms with Gasteiger partial charge in [-0.2, -0.15) is 0 Å². The number of halogens is 2. The third-order valence-electron chi connectivity index (χ3n) is 3.75. The monoisotopic (exact) mass is 347 g/mol. The molecule has 3 aromatic rings. The van der Waals surface area contributed by atoms with Crippen LogP contribution in [0.5, 0.6) is 0 Å². The van der Waals surface area contributed by atoms with Crippen molar-refractivity contribution in [2.24, 2.45) is 5.92 Å². The molecule has 116 valence electrons. The lowest BCUT2D eigenvalue weighted by atomic mass is 10.1. The third kappa shape index (κ3) is 2.80. The summed E-state index contributed by atoms with van der Waals surface area (Å²) in [4.78, 5) is 20.2. The van der Waals surface area contributed by atoms with E-state index in [9.17, 15) is 9.18 Å². The molecule has 4 rings (SSSR count). The van der Waals surface area contributed by atoms with E-state index in [4.69, 9.17) is 11.6 Å². The van der Waals surface area contributed by atoms with Gasteiger partial charge in [0.1, 0.15) is 6.17 Å². The molecule has 7 heteroatoms. The number of rotatable bonds is 3. The second kappa shape index (κ2) is 5.54. The van der Waals surface area contributed by atoms with Crippen molar-refractivity contribution < 1.29 is 9.18 Å². The molecular weight excluding hydrogens is 337 g/mol. The maximum absolute atomic E-state index is 12.9. The number of amides is 1. The summed E-state index contributed by atoms with van der Waals surface area (Å²) >= 11 is 7.55. The highest BCUT2D eigenvalue weighted by molar-refractivity contribution is 7.22. The van der Waals surface area contributed by atoms with E-state index in [-0.39, 0.29) is 5.91 Å². The number of hydrogen-bond donors (Lipinski definition) is 1. The molecule has 0 spiro atoms. The van der Waals surface area contributed by atoms with Crippen LogP contribution in [0.15, 0.2) is 36.7 Å². The number of anilines is 1. The van der Waals surface area contributed by atoms with E-state index < -0.39 is 12.1 Å². The lowest BCUT2D eigenvalue weighted by Crippen LogP contribution is -2.14. The van der Waals surface area contributed by atoms with Crippen molar-refractivity contribution >= 4 is 44.2 Å². The number of aromatic nitrogens is 2. The van der Waals surface area contributed by atoms with Crippen molar-refractivity contribution in [1.82, 2.24) is 9.97 Å². The molecule has 0 aliphatic heterocycles. The average Bonchev–Trinajstić information content (AvgIpc) is 3.13. The molecular formula is C16H11ClFN3OS. The second-order valence-electron chi connectivity index (χ2n) is 5.40. The summed E-state index contributed by atoms with van der Waals surface area (Å²) in [6.45, 7) is 0. The third-order valence-corrected chi connectivity index (χ3v) is 5.01. The largest absolute Gasteiger partial charge is 0.302 e. The topological polar surface area (TPSA) is 54.9 Å². The van der Waals surface area contributed by atoms with Crippen LogP contribution in [0.4, 0.5) is 9.52 Å². The number of carbonyl (C=O) groups excluding carboxylic acids is 1. The zero-order valence-electron chi connectivity index (χ0n) is 11.8. The zero-order valence-corrected chi connectivity index (χ0v) is 13.4. The van der Waals surface area contributed by atoms with E-state index >= 15 is 0 Å². The molecule has 1 fully saturated rings. The normalized spacial score (nSPS) is 19.7. The first-order chi connectivity index (χ1) is 11.1. The van der Waals surface area contributed by atoms with E-state index in [1.165, 1.54) is 11.3 Å². The molecule has 2 aromatic heterocycles. The first kappa shape index (κ1) is 14.5. The first-order valence-electron chi connectivity index (χ1n) is 7.07. The summed E-state index contributed by atoms with van der Waals surface area (Å²) in [5.74, 6) is -0.821. The number of alkyl halides is 1. The number of hydrogen-bond acceptors (Lipinski definition) is 4. The van der Waals surface area contributed by atoms with Crippen LogP contribution >= 0.6 is 22.9 Å². The molecule has 0 radical (unpaired) electrons. The molecule has 0 saturated heterocycles. The van der Waals surface area contributed by atoms with Gasteiger partial charge in [-0.3, -0.25) is 9.78 Å². The van der Waals surface area contributed by atoms with Gasteiger partial charge in [-0.1, -0.05) is 29.0 Å². The van der Waals surface area contributed by atoms with Gasteiger partial charge in [-0.15, -0.1) is 0 Å². The zero-order chi connectivity index (χ0) is 16.0. The summed E-state index contributed by atoms with van der Waals surface area (Å²) < 4.78 is 13.8. The Bertz CT molecular complexity index is 913. The SMILES string of the molecule is O=C(Nc1nc2ccc(-c3cnccc3Cl)cc2s1)[C@@H]1C[C@@H]1F. The smallest absolute Gasteiger partial charge is 0.232 e. The number of nitrogens with zero attached hydrogens (tertiary/aromatic N) is 2. The summed E-state index contributed by atoms with van der Waals surface area (Å²) in [6.07, 6.45) is 2.65. The van der Waals surface area contributed by atoms with E-state index in [0.717, 1.165) is 21.3 Å². The Morgan fingerprint density at radius 2 is 2.22 bits per heavy atom. The highest BCUT2D eigenvalue weighted by Gasteiger charge is 2.43. The van der Waals surface area contributed by atoms with Gasteiger partial charge in [0.2, 0.25) is 5.91 Å². The van der Waals surface area contributed by atoms with E-state index in [2.05, 4.69) is 15.3 Å². The molecule has 1 amide bonds. The quantitative estimate of drug-likeness (QED) is 0.768. The predicted molar refractivity (Wildman–Crippen MR) is 89.5 cm³/mol. The Morgan fingerprint density at radius 1 is 1.39 bits per heavy atom. The Hall–Kier alpha value is -2.05. The van der Waals surface area contributed by atoms with Crippen LogP contribution in [-0.2, 0) is 4.79 Å². The van der Waals surface area contributed by atoms with Gasteiger partial charge in [0.25, 0.3) is 0 Å². The van der Waals surface area contributed by atoms with Crippen LogP contribution in [0.1, 0.15) is 6.42 Å². The summed E-state index contributed by atoms with van der Waals surface area (Å²) in [6, 6.07) is 7.48. The van der Waals surface area contributed by atoms with E-state index in [0.29, 0.717) is 16.6 Å². The number of pyridine rings is 1. The van der Waals surface area contributed by atoms with Gasteiger partial charge in [-0.05, 0) is 30.2 Å². The van der Waals surface area contributed by atoms with Crippen molar-refractivity contribution in [3.05, 3.63) is 41.7 Å². The van der Waals surface area contributed by atoms with Crippen molar-refractivity contribution in [2.75, 3.05) is 5.32 Å². The molecule has 2 atom stereocenters. The molecule has 1 aliphatic carbocycles. The van der Waals surface area contributed by atoms with Gasteiger partial charge in [0, 0.05) is 18.0 Å². The van der Waals surface area contributed by atoms with Crippen molar-refractivity contribution in [1.29, 1.82) is 0 Å². The molecule has 1 N–H and O–H groups in total. The summed E-state index contributed by atoms with van der Waals surface area (Å²) in [7, 11) is 0. The molecule has 0 unspecified atom stereocenters. The van der Waals surface area contributed by atoms with Crippen molar-refractivity contribution in [3.8, 4) is 11.1 Å². The Morgan fingerprint density at radius 3 is 2.96 bits per heavy atom. The maximum atomic E-state index is 12.9. The maximum Gasteiger partial charge on any atom is 0.232 e. The summed E-state index contributed by atoms with van der Waals surface area (Å²) in [5, 5.41) is 3.79. The second-order valence-corrected chi connectivity index (χ2v) is 6.84. The number of thiazole rings is 1. The minimum Gasteiger partial charge on any atom is -0.302 e. The van der Waals surface area contributed by atoms with Gasteiger partial charge >= 0.3 is 0 Å². The van der Waals surface area contributed by atoms with Crippen LogP contribution < -0.4 is 5.32 Å². The van der Waals surface area contributed by atoms with Gasteiger partial charge in [0.05, 0.1) is 21.2 Å². The Kier molecular flexibility index (Phi) is 3.50. The average molecular weight is 348 g/mol. The number of nitrogens with one attached hydrogen (secondary N) is 1. The Balaban J connectivity index is 1.64. The predicted octanol–water partition coefficient (Wildman–Crippen LogP) is 4.31. The fourth-order valence-electron chi connectivity index (χ4n) is 2.37. The van der Waals surface area contributed by atoms with Crippen LogP contribution in [0.25, 0.3) is 21.3 Å². The minimum absolute atomic E-state index is 0.299. The van der Waals surface area contributed by atoms with Crippen LogP contribution in [0.2, 0.25) is 5.02 Å². The first-order valence-corrected chi connectivity index (χ1v) is 8.26. The van der Waals surface area contributed by atoms with Gasteiger partial charge in [-0.25, -0.2) is 9.37 Å². The van der Waals surface area contributed by atoms with Crippen LogP contribution in [-0.4, -0.2) is 22.0 Å². The number of benzene rings is 1. The molecule has 1 aliphatic rings. The fourth-order valence-corrected chi connectivity index (χ4v) is 3.49. The standard InChI is InChI=1S/C16H11ClFN3OS/c17-11-3-4-19-7-10(11)8-1-2-13-14(5-8)23-16(20-13)21-15(22)9-6-12(9)18/h1-5,7,9,12H,6H2,(H,20,21,22)/t9-,12+/m1/s1. The van der Waals surface area contributed by atoms with Crippen LogP contribution in [0.3, 0.4) is 0 Å². The Labute approximate surface area is 140 Å². The van der Waals surface area contributed by atoms with Crippen molar-refractivity contribution in [3.63, 3.8) is 0 Å². The number of carbonyl (C=O) groups is 1. The summed E-state index contributed by atoms with van der Waals surface area (Å²) in [5.41, 5.74) is 2.55. The van der Waals surface area contributed by atoms with Crippen molar-refractivity contribution in [2.45, 2.75) is 12.6 Å². The highest BCUT2D eigenvalue weighted by Crippen LogP contribution is 2.36. The lowest BCUT2D eigenvalue weighted by molar-refractivity contribution is -0.117. The fraction of sp³-hybridized carbons (Fsp3) is 0.188.